The van der Waals surface area contributed by atoms with Gasteiger partial charge in [0, 0.05) is 56.3 Å². The Kier molecular flexibility index (Phi) is 6.97. The first-order chi connectivity index (χ1) is 27.8. The zero-order valence-corrected chi connectivity index (χ0v) is 30.9. The van der Waals surface area contributed by atoms with Crippen molar-refractivity contribution in [2.75, 3.05) is 9.80 Å². The van der Waals surface area contributed by atoms with Crippen molar-refractivity contribution in [2.45, 2.75) is 37.8 Å². The van der Waals surface area contributed by atoms with E-state index in [2.05, 4.69) is 180 Å². The Morgan fingerprint density at radius 1 is 0.554 bits per heavy atom. The molecule has 2 aliphatic carbocycles. The minimum atomic E-state index is -0.0589. The zero-order valence-electron chi connectivity index (χ0n) is 30.9. The van der Waals surface area contributed by atoms with Crippen LogP contribution in [0, 0.1) is 0 Å². The number of fused-ring (bicyclic) bond motifs is 6. The molecule has 4 nitrogen and oxygen atoms in total. The first-order valence-electron chi connectivity index (χ1n) is 19.9. The normalized spacial score (nSPS) is 17.2. The van der Waals surface area contributed by atoms with Crippen molar-refractivity contribution in [1.82, 2.24) is 0 Å². The number of rotatable bonds is 6. The molecule has 0 N–H and O–H groups in total. The SMILES string of the molecule is C1=Cc2c(oc3c(N(c4ccccc4)c4ccc5ccc6c(N(c7ccccc7)C7CCC=C8c9ccccc9OC87)ccc7ccc4c5c76)cccc23)CC1. The van der Waals surface area contributed by atoms with Gasteiger partial charge in [-0.2, -0.15) is 0 Å². The number of aryl methyl sites for hydroxylation is 1. The fourth-order valence-corrected chi connectivity index (χ4v) is 9.89. The van der Waals surface area contributed by atoms with Crippen molar-refractivity contribution in [1.29, 1.82) is 0 Å². The first kappa shape index (κ1) is 31.6. The summed E-state index contributed by atoms with van der Waals surface area (Å²) in [5.74, 6) is 2.05. The lowest BCUT2D eigenvalue weighted by atomic mass is 9.86. The maximum Gasteiger partial charge on any atom is 0.158 e. The molecule has 0 bridgehead atoms. The van der Waals surface area contributed by atoms with Gasteiger partial charge in [-0.25, -0.2) is 0 Å². The van der Waals surface area contributed by atoms with Gasteiger partial charge in [0.1, 0.15) is 17.6 Å². The topological polar surface area (TPSA) is 28.9 Å². The van der Waals surface area contributed by atoms with E-state index in [0.717, 1.165) is 65.2 Å². The lowest BCUT2D eigenvalue weighted by Gasteiger charge is -2.40. The van der Waals surface area contributed by atoms with Crippen LogP contribution in [0.15, 0.2) is 168 Å². The average Bonchev–Trinajstić information content (AvgIpc) is 3.84. The molecule has 0 amide bonds. The molecule has 1 aliphatic heterocycles. The summed E-state index contributed by atoms with van der Waals surface area (Å²) in [5.41, 5.74) is 10.3. The molecular weight excluding hydrogens is 685 g/mol. The molecule has 56 heavy (non-hydrogen) atoms. The largest absolute Gasteiger partial charge is 0.483 e. The number of anilines is 5. The van der Waals surface area contributed by atoms with Crippen molar-refractivity contribution in [2.24, 2.45) is 0 Å². The standard InChI is InChI=1S/C52H38N2O2/c1-3-13-35(14-4-1)53(45-21-11-19-39-37-17-7-9-23-47(37)55-51(39)45)43-31-27-33-26-30-42-44(32-28-34-25-29-41(43)49(33)50(34)42)54(36-15-5-2-6-16-36)46-22-12-20-40-38-18-8-10-24-48(38)56-52(40)46/h1-9,12-20,22-23,25-32,45,51H,10-11,21,24H2. The molecule has 0 saturated heterocycles. The number of nitrogens with zero attached hydrogens (tertiary/aromatic N) is 2. The minimum absolute atomic E-state index is 0.0589. The number of allylic oxidation sites excluding steroid dienone is 2. The van der Waals surface area contributed by atoms with Crippen LogP contribution >= 0.6 is 0 Å². The highest BCUT2D eigenvalue weighted by molar-refractivity contribution is 6.28. The van der Waals surface area contributed by atoms with Crippen LogP contribution in [0.25, 0.3) is 54.9 Å². The highest BCUT2D eigenvalue weighted by Crippen LogP contribution is 2.50. The molecule has 0 spiro atoms. The fourth-order valence-electron chi connectivity index (χ4n) is 9.89. The van der Waals surface area contributed by atoms with Gasteiger partial charge in [-0.1, -0.05) is 121 Å². The van der Waals surface area contributed by atoms with Crippen LogP contribution in [0.4, 0.5) is 28.4 Å². The van der Waals surface area contributed by atoms with E-state index in [0.29, 0.717) is 0 Å². The van der Waals surface area contributed by atoms with Crippen LogP contribution in [-0.2, 0) is 6.42 Å². The van der Waals surface area contributed by atoms with E-state index < -0.39 is 0 Å². The highest BCUT2D eigenvalue weighted by Gasteiger charge is 2.41. The molecule has 1 aromatic heterocycles. The van der Waals surface area contributed by atoms with Crippen molar-refractivity contribution >= 4 is 83.4 Å². The molecule has 0 radical (unpaired) electrons. The average molecular weight is 723 g/mol. The van der Waals surface area contributed by atoms with Gasteiger partial charge in [0.25, 0.3) is 0 Å². The van der Waals surface area contributed by atoms with Crippen LogP contribution in [0.1, 0.15) is 36.1 Å². The van der Waals surface area contributed by atoms with Crippen molar-refractivity contribution in [3.05, 3.63) is 181 Å². The van der Waals surface area contributed by atoms with Gasteiger partial charge in [0.05, 0.1) is 17.4 Å². The monoisotopic (exact) mass is 722 g/mol. The predicted octanol–water partition coefficient (Wildman–Crippen LogP) is 13.9. The Hall–Kier alpha value is -6.78. The summed E-state index contributed by atoms with van der Waals surface area (Å²) in [6.07, 6.45) is 10.8. The molecule has 8 aromatic carbocycles. The van der Waals surface area contributed by atoms with E-state index in [1.165, 1.54) is 60.4 Å². The van der Waals surface area contributed by atoms with Crippen molar-refractivity contribution in [3.63, 3.8) is 0 Å². The van der Waals surface area contributed by atoms with Crippen LogP contribution < -0.4 is 14.5 Å². The number of hydrogen-bond donors (Lipinski definition) is 0. The Morgan fingerprint density at radius 3 is 2.05 bits per heavy atom. The minimum Gasteiger partial charge on any atom is -0.483 e. The smallest absolute Gasteiger partial charge is 0.158 e. The zero-order chi connectivity index (χ0) is 36.7. The lowest BCUT2D eigenvalue weighted by molar-refractivity contribution is 0.231. The molecule has 9 aromatic rings. The number of hydrogen-bond acceptors (Lipinski definition) is 4. The van der Waals surface area contributed by atoms with Crippen molar-refractivity contribution < 1.29 is 9.15 Å². The van der Waals surface area contributed by atoms with Crippen LogP contribution in [0.5, 0.6) is 5.75 Å². The van der Waals surface area contributed by atoms with Crippen molar-refractivity contribution in [3.8, 4) is 5.75 Å². The summed E-state index contributed by atoms with van der Waals surface area (Å²) in [6.45, 7) is 0. The van der Waals surface area contributed by atoms with Gasteiger partial charge in [0.2, 0.25) is 0 Å². The van der Waals surface area contributed by atoms with E-state index in [1.54, 1.807) is 0 Å². The summed E-state index contributed by atoms with van der Waals surface area (Å²) in [4.78, 5) is 4.97. The maximum absolute atomic E-state index is 6.83. The third kappa shape index (κ3) is 4.65. The fraction of sp³-hybridized carbons (Fsp3) is 0.115. The Balaban J connectivity index is 1.08. The van der Waals surface area contributed by atoms with Gasteiger partial charge < -0.3 is 19.0 Å². The van der Waals surface area contributed by atoms with Crippen LogP contribution in [0.3, 0.4) is 0 Å². The molecule has 2 atom stereocenters. The van der Waals surface area contributed by atoms with Crippen LogP contribution in [0.2, 0.25) is 0 Å². The summed E-state index contributed by atoms with van der Waals surface area (Å²) in [7, 11) is 0. The van der Waals surface area contributed by atoms with E-state index in [4.69, 9.17) is 9.15 Å². The van der Waals surface area contributed by atoms with E-state index in [9.17, 15) is 0 Å². The van der Waals surface area contributed by atoms with Gasteiger partial charge in [-0.05, 0) is 89.3 Å². The Morgan fingerprint density at radius 2 is 1.25 bits per heavy atom. The summed E-state index contributed by atoms with van der Waals surface area (Å²) < 4.78 is 13.6. The molecule has 4 heteroatoms. The Bertz CT molecular complexity index is 3030. The number of ether oxygens (including phenoxy) is 1. The van der Waals surface area contributed by atoms with E-state index in [1.807, 2.05) is 0 Å². The van der Waals surface area contributed by atoms with Gasteiger partial charge >= 0.3 is 0 Å². The van der Waals surface area contributed by atoms with Crippen LogP contribution in [-0.4, -0.2) is 12.1 Å². The number of benzene rings is 8. The molecule has 2 heterocycles. The third-order valence-corrected chi connectivity index (χ3v) is 12.3. The predicted molar refractivity (Wildman–Crippen MR) is 232 cm³/mol. The van der Waals surface area contributed by atoms with Gasteiger partial charge in [-0.15, -0.1) is 0 Å². The molecular formula is C52H38N2O2. The number of para-hydroxylation sites is 4. The molecule has 0 saturated carbocycles. The maximum atomic E-state index is 6.83. The summed E-state index contributed by atoms with van der Waals surface area (Å²) in [5, 5.41) is 8.63. The lowest BCUT2D eigenvalue weighted by Crippen LogP contribution is -2.44. The Labute approximate surface area is 325 Å². The van der Waals surface area contributed by atoms with E-state index >= 15 is 0 Å². The molecule has 2 unspecified atom stereocenters. The highest BCUT2D eigenvalue weighted by atomic mass is 16.5. The second-order valence-corrected chi connectivity index (χ2v) is 15.3. The molecule has 0 fully saturated rings. The van der Waals surface area contributed by atoms with Gasteiger partial charge in [-0.3, -0.25) is 0 Å². The molecule has 12 rings (SSSR count). The summed E-state index contributed by atoms with van der Waals surface area (Å²) in [6, 6.07) is 55.4. The second kappa shape index (κ2) is 12.4. The quantitative estimate of drug-likeness (QED) is 0.160. The summed E-state index contributed by atoms with van der Waals surface area (Å²) >= 11 is 0. The van der Waals surface area contributed by atoms with E-state index in [-0.39, 0.29) is 12.1 Å². The van der Waals surface area contributed by atoms with Gasteiger partial charge in [0.15, 0.2) is 5.58 Å². The molecule has 3 aliphatic rings. The first-order valence-corrected chi connectivity index (χ1v) is 19.9. The third-order valence-electron chi connectivity index (χ3n) is 12.3. The number of furan rings is 1. The molecule has 268 valence electrons. The second-order valence-electron chi connectivity index (χ2n) is 15.3.